The molecule has 1 N–H and O–H groups in total. The van der Waals surface area contributed by atoms with Gasteiger partial charge in [-0.05, 0) is 31.0 Å². The molecule has 0 aromatic heterocycles. The average molecular weight is 262 g/mol. The predicted molar refractivity (Wildman–Crippen MR) is 61.6 cm³/mol. The molecule has 1 aliphatic rings. The van der Waals surface area contributed by atoms with Gasteiger partial charge in [0, 0.05) is 10.9 Å². The Morgan fingerprint density at radius 2 is 2.19 bits per heavy atom. The van der Waals surface area contributed by atoms with Crippen molar-refractivity contribution >= 4 is 29.1 Å². The molecule has 1 saturated carbocycles. The first-order valence-electron chi connectivity index (χ1n) is 4.90. The highest BCUT2D eigenvalue weighted by Crippen LogP contribution is 2.36. The number of hydrogen-bond donors (Lipinski definition) is 1. The average Bonchev–Trinajstić information content (AvgIpc) is 2.98. The van der Waals surface area contributed by atoms with Crippen LogP contribution in [-0.2, 0) is 0 Å². The maximum atomic E-state index is 13.4. The molecule has 2 rings (SSSR count). The van der Waals surface area contributed by atoms with E-state index >= 15 is 0 Å². The van der Waals surface area contributed by atoms with Crippen LogP contribution in [0.5, 0.6) is 0 Å². The minimum absolute atomic E-state index is 0.000733. The number of hydrogen-bond acceptors (Lipinski definition) is 1. The number of benzene rings is 1. The van der Waals surface area contributed by atoms with Gasteiger partial charge in [0.2, 0.25) is 0 Å². The van der Waals surface area contributed by atoms with Gasteiger partial charge in [0.05, 0.1) is 11.1 Å². The molecule has 16 heavy (non-hydrogen) atoms. The first kappa shape index (κ1) is 11.7. The van der Waals surface area contributed by atoms with E-state index in [1.807, 2.05) is 0 Å². The Morgan fingerprint density at radius 1 is 1.50 bits per heavy atom. The van der Waals surface area contributed by atoms with Gasteiger partial charge in [0.25, 0.3) is 5.91 Å². The zero-order valence-electron chi connectivity index (χ0n) is 8.40. The van der Waals surface area contributed by atoms with E-state index in [0.717, 1.165) is 18.9 Å². The quantitative estimate of drug-likeness (QED) is 0.833. The number of alkyl halides is 1. The first-order chi connectivity index (χ1) is 7.56. The zero-order chi connectivity index (χ0) is 11.8. The lowest BCUT2D eigenvalue weighted by Gasteiger charge is -2.14. The Kier molecular flexibility index (Phi) is 3.08. The van der Waals surface area contributed by atoms with Crippen LogP contribution in [0.1, 0.15) is 23.2 Å². The van der Waals surface area contributed by atoms with Crippen LogP contribution in [0, 0.1) is 5.82 Å². The number of rotatable bonds is 3. The molecule has 0 saturated heterocycles. The minimum Gasteiger partial charge on any atom is -0.345 e. The summed E-state index contributed by atoms with van der Waals surface area (Å²) in [5.41, 5.74) is -0.328. The molecule has 0 unspecified atom stereocenters. The summed E-state index contributed by atoms with van der Waals surface area (Å²) in [6.45, 7) is 0. The van der Waals surface area contributed by atoms with E-state index in [1.165, 1.54) is 12.1 Å². The summed E-state index contributed by atoms with van der Waals surface area (Å²) in [6.07, 6.45) is 1.69. The molecule has 1 aromatic rings. The second kappa shape index (κ2) is 4.22. The third-order valence-corrected chi connectivity index (χ3v) is 3.41. The number of halogens is 3. The first-order valence-corrected chi connectivity index (χ1v) is 5.81. The van der Waals surface area contributed by atoms with Gasteiger partial charge in [-0.15, -0.1) is 11.6 Å². The van der Waals surface area contributed by atoms with Crippen molar-refractivity contribution in [1.82, 2.24) is 5.32 Å². The molecular formula is C11H10Cl2FNO. The van der Waals surface area contributed by atoms with E-state index in [9.17, 15) is 9.18 Å². The van der Waals surface area contributed by atoms with Crippen molar-refractivity contribution in [3.05, 3.63) is 34.6 Å². The van der Waals surface area contributed by atoms with Gasteiger partial charge in [0.1, 0.15) is 5.82 Å². The molecule has 0 heterocycles. The fourth-order valence-corrected chi connectivity index (χ4v) is 1.92. The molecule has 5 heteroatoms. The second-order valence-electron chi connectivity index (χ2n) is 3.99. The van der Waals surface area contributed by atoms with E-state index in [-0.39, 0.29) is 16.1 Å². The van der Waals surface area contributed by atoms with Crippen LogP contribution < -0.4 is 5.32 Å². The summed E-state index contributed by atoms with van der Waals surface area (Å²) in [7, 11) is 0. The predicted octanol–water partition coefficient (Wildman–Crippen LogP) is 2.98. The lowest BCUT2D eigenvalue weighted by Crippen LogP contribution is -2.38. The van der Waals surface area contributed by atoms with Crippen LogP contribution >= 0.6 is 23.2 Å². The molecule has 0 atom stereocenters. The highest BCUT2D eigenvalue weighted by Gasteiger charge is 2.43. The van der Waals surface area contributed by atoms with Crippen molar-refractivity contribution in [1.29, 1.82) is 0 Å². The van der Waals surface area contributed by atoms with Gasteiger partial charge >= 0.3 is 0 Å². The molecule has 0 aliphatic heterocycles. The summed E-state index contributed by atoms with van der Waals surface area (Å²) in [5, 5.41) is 3.01. The van der Waals surface area contributed by atoms with Crippen LogP contribution in [-0.4, -0.2) is 17.3 Å². The summed E-state index contributed by atoms with van der Waals surface area (Å²) in [4.78, 5) is 11.7. The monoisotopic (exact) mass is 261 g/mol. The molecule has 1 aromatic carbocycles. The largest absolute Gasteiger partial charge is 0.345 e. The maximum Gasteiger partial charge on any atom is 0.254 e. The van der Waals surface area contributed by atoms with Crippen molar-refractivity contribution in [3.8, 4) is 0 Å². The van der Waals surface area contributed by atoms with E-state index < -0.39 is 11.7 Å². The second-order valence-corrected chi connectivity index (χ2v) is 4.70. The third kappa shape index (κ3) is 2.30. The van der Waals surface area contributed by atoms with Gasteiger partial charge in [-0.25, -0.2) is 4.39 Å². The van der Waals surface area contributed by atoms with Crippen molar-refractivity contribution < 1.29 is 9.18 Å². The lowest BCUT2D eigenvalue weighted by molar-refractivity contribution is 0.0932. The molecule has 1 fully saturated rings. The van der Waals surface area contributed by atoms with E-state index in [4.69, 9.17) is 23.2 Å². The zero-order valence-corrected chi connectivity index (χ0v) is 9.91. The van der Waals surface area contributed by atoms with Crippen LogP contribution in [0.15, 0.2) is 18.2 Å². The molecule has 1 aliphatic carbocycles. The van der Waals surface area contributed by atoms with E-state index in [0.29, 0.717) is 5.88 Å². The maximum absolute atomic E-state index is 13.4. The van der Waals surface area contributed by atoms with Gasteiger partial charge < -0.3 is 5.32 Å². The summed E-state index contributed by atoms with van der Waals surface area (Å²) in [6, 6.07) is 3.98. The summed E-state index contributed by atoms with van der Waals surface area (Å²) < 4.78 is 13.4. The van der Waals surface area contributed by atoms with Crippen LogP contribution in [0.3, 0.4) is 0 Å². The summed E-state index contributed by atoms with van der Waals surface area (Å²) in [5.74, 6) is -0.698. The highest BCUT2D eigenvalue weighted by molar-refractivity contribution is 6.30. The number of carbonyl (C=O) groups excluding carboxylic acids is 1. The molecule has 0 bridgehead atoms. The number of carbonyl (C=O) groups is 1. The lowest BCUT2D eigenvalue weighted by atomic mass is 10.2. The van der Waals surface area contributed by atoms with Crippen molar-refractivity contribution in [3.63, 3.8) is 0 Å². The van der Waals surface area contributed by atoms with Crippen molar-refractivity contribution in [2.75, 3.05) is 5.88 Å². The van der Waals surface area contributed by atoms with Gasteiger partial charge in [-0.3, -0.25) is 4.79 Å². The van der Waals surface area contributed by atoms with Gasteiger partial charge in [0.15, 0.2) is 0 Å². The van der Waals surface area contributed by atoms with Gasteiger partial charge in [-0.2, -0.15) is 0 Å². The van der Waals surface area contributed by atoms with Crippen molar-refractivity contribution in [2.24, 2.45) is 0 Å². The number of nitrogens with one attached hydrogen (secondary N) is 1. The van der Waals surface area contributed by atoms with Crippen molar-refractivity contribution in [2.45, 2.75) is 18.4 Å². The highest BCUT2D eigenvalue weighted by atomic mass is 35.5. The fourth-order valence-electron chi connectivity index (χ4n) is 1.42. The normalized spacial score (nSPS) is 16.9. The minimum atomic E-state index is -0.615. The van der Waals surface area contributed by atoms with Crippen LogP contribution in [0.2, 0.25) is 5.02 Å². The summed E-state index contributed by atoms with van der Waals surface area (Å²) >= 11 is 11.3. The fraction of sp³-hybridized carbons (Fsp3) is 0.364. The molecule has 86 valence electrons. The molecule has 0 radical (unpaired) electrons. The van der Waals surface area contributed by atoms with Crippen LogP contribution in [0.4, 0.5) is 4.39 Å². The molecular weight excluding hydrogens is 252 g/mol. The molecule has 0 spiro atoms. The Balaban J connectivity index is 2.15. The van der Waals surface area contributed by atoms with E-state index in [2.05, 4.69) is 5.32 Å². The van der Waals surface area contributed by atoms with E-state index in [1.54, 1.807) is 0 Å². The Bertz CT molecular complexity index is 432. The molecule has 2 nitrogen and oxygen atoms in total. The Hall–Kier alpha value is -0.800. The SMILES string of the molecule is O=C(NC1(CCl)CC1)c1ccc(Cl)cc1F. The molecule has 1 amide bonds. The standard InChI is InChI=1S/C11H10Cl2FNO/c12-6-11(3-4-11)15-10(16)8-2-1-7(13)5-9(8)14/h1-2,5H,3-4,6H2,(H,15,16). The third-order valence-electron chi connectivity index (χ3n) is 2.66. The van der Waals surface area contributed by atoms with Gasteiger partial charge in [-0.1, -0.05) is 11.6 Å². The Morgan fingerprint density at radius 3 is 2.69 bits per heavy atom. The topological polar surface area (TPSA) is 29.1 Å². The Labute approximate surface area is 103 Å². The smallest absolute Gasteiger partial charge is 0.254 e. The number of amides is 1. The van der Waals surface area contributed by atoms with Crippen LogP contribution in [0.25, 0.3) is 0 Å².